The van der Waals surface area contributed by atoms with E-state index in [1.54, 1.807) is 12.1 Å². The number of aromatic amines is 1. The van der Waals surface area contributed by atoms with Gasteiger partial charge < -0.3 is 4.98 Å². The van der Waals surface area contributed by atoms with Crippen molar-refractivity contribution in [1.82, 2.24) is 14.7 Å². The third-order valence-corrected chi connectivity index (χ3v) is 3.89. The molecule has 0 aromatic carbocycles. The number of pyridine rings is 2. The summed E-state index contributed by atoms with van der Waals surface area (Å²) < 4.78 is 26.3. The van der Waals surface area contributed by atoms with Gasteiger partial charge >= 0.3 is 0 Å². The van der Waals surface area contributed by atoms with Gasteiger partial charge in [-0.25, -0.2) is 13.1 Å². The number of nitrogens with zero attached hydrogens (tertiary/aromatic N) is 1. The molecule has 0 atom stereocenters. The van der Waals surface area contributed by atoms with Crippen LogP contribution in [-0.2, 0) is 16.6 Å². The second-order valence-electron chi connectivity index (χ2n) is 3.97. The molecule has 100 valence electrons. The maximum atomic E-state index is 12.0. The van der Waals surface area contributed by atoms with E-state index in [4.69, 9.17) is 0 Å². The summed E-state index contributed by atoms with van der Waals surface area (Å²) >= 11 is 0. The Kier molecular flexibility index (Phi) is 3.77. The lowest BCUT2D eigenvalue weighted by molar-refractivity contribution is 0.579. The highest BCUT2D eigenvalue weighted by atomic mass is 32.2. The molecular formula is C12H13N3O3S. The van der Waals surface area contributed by atoms with Gasteiger partial charge in [-0.15, -0.1) is 0 Å². The third-order valence-electron chi connectivity index (χ3n) is 2.47. The number of aromatic nitrogens is 2. The summed E-state index contributed by atoms with van der Waals surface area (Å²) in [6.07, 6.45) is 2.54. The zero-order valence-electron chi connectivity index (χ0n) is 10.3. The lowest BCUT2D eigenvalue weighted by Crippen LogP contribution is -2.28. The number of aryl methyl sites for hydroxylation is 1. The molecule has 0 saturated carbocycles. The van der Waals surface area contributed by atoms with Crippen LogP contribution in [-0.4, -0.2) is 18.4 Å². The number of rotatable bonds is 4. The van der Waals surface area contributed by atoms with Gasteiger partial charge in [-0.05, 0) is 19.1 Å². The topological polar surface area (TPSA) is 91.9 Å². The zero-order valence-corrected chi connectivity index (χ0v) is 11.1. The van der Waals surface area contributed by atoms with E-state index >= 15 is 0 Å². The number of hydrogen-bond acceptors (Lipinski definition) is 4. The molecule has 19 heavy (non-hydrogen) atoms. The fraction of sp³-hybridized carbons (Fsp3) is 0.167. The first kappa shape index (κ1) is 13.4. The van der Waals surface area contributed by atoms with E-state index in [0.29, 0.717) is 5.69 Å². The molecule has 2 N–H and O–H groups in total. The second kappa shape index (κ2) is 5.33. The van der Waals surface area contributed by atoms with Gasteiger partial charge in [0.1, 0.15) is 4.90 Å². The molecule has 0 amide bonds. The SMILES string of the molecule is Cc1cccc(CNS(=O)(=O)c2c[nH]ccc2=O)n1. The van der Waals surface area contributed by atoms with Crippen molar-refractivity contribution in [1.29, 1.82) is 0 Å². The number of H-pyrrole nitrogens is 1. The van der Waals surface area contributed by atoms with Gasteiger partial charge in [0.05, 0.1) is 12.2 Å². The van der Waals surface area contributed by atoms with Crippen molar-refractivity contribution in [3.8, 4) is 0 Å². The first-order valence-corrected chi connectivity index (χ1v) is 7.07. The highest BCUT2D eigenvalue weighted by Crippen LogP contribution is 2.03. The minimum Gasteiger partial charge on any atom is -0.366 e. The summed E-state index contributed by atoms with van der Waals surface area (Å²) in [7, 11) is -3.84. The Labute approximate surface area is 110 Å². The van der Waals surface area contributed by atoms with Crippen molar-refractivity contribution < 1.29 is 8.42 Å². The first-order chi connectivity index (χ1) is 8.99. The molecule has 2 heterocycles. The molecular weight excluding hydrogens is 266 g/mol. The van der Waals surface area contributed by atoms with E-state index in [0.717, 1.165) is 11.9 Å². The molecule has 2 aromatic heterocycles. The molecule has 0 spiro atoms. The van der Waals surface area contributed by atoms with E-state index in [9.17, 15) is 13.2 Å². The van der Waals surface area contributed by atoms with Crippen LogP contribution in [0, 0.1) is 6.92 Å². The predicted molar refractivity (Wildman–Crippen MR) is 70.1 cm³/mol. The molecule has 0 unspecified atom stereocenters. The monoisotopic (exact) mass is 279 g/mol. The van der Waals surface area contributed by atoms with Crippen LogP contribution in [0.5, 0.6) is 0 Å². The van der Waals surface area contributed by atoms with Crippen molar-refractivity contribution in [2.24, 2.45) is 0 Å². The fourth-order valence-electron chi connectivity index (χ4n) is 1.56. The Morgan fingerprint density at radius 1 is 1.32 bits per heavy atom. The molecule has 0 radical (unpaired) electrons. The van der Waals surface area contributed by atoms with Crippen molar-refractivity contribution in [2.45, 2.75) is 18.4 Å². The van der Waals surface area contributed by atoms with E-state index in [-0.39, 0.29) is 11.4 Å². The Morgan fingerprint density at radius 2 is 2.11 bits per heavy atom. The summed E-state index contributed by atoms with van der Waals surface area (Å²) in [6, 6.07) is 6.49. The summed E-state index contributed by atoms with van der Waals surface area (Å²) in [4.78, 5) is 17.9. The first-order valence-electron chi connectivity index (χ1n) is 5.58. The largest absolute Gasteiger partial charge is 0.366 e. The molecule has 0 saturated heterocycles. The van der Waals surface area contributed by atoms with Crippen molar-refractivity contribution in [3.05, 3.63) is 58.3 Å². The number of sulfonamides is 1. The standard InChI is InChI=1S/C12H13N3O3S/c1-9-3-2-4-10(15-9)7-14-19(17,18)12-8-13-6-5-11(12)16/h2-6,8,14H,7H2,1H3,(H,13,16). The highest BCUT2D eigenvalue weighted by Gasteiger charge is 2.17. The van der Waals surface area contributed by atoms with E-state index < -0.39 is 15.5 Å². The quantitative estimate of drug-likeness (QED) is 0.855. The van der Waals surface area contributed by atoms with Crippen LogP contribution < -0.4 is 10.2 Å². The second-order valence-corrected chi connectivity index (χ2v) is 5.70. The maximum absolute atomic E-state index is 12.0. The molecule has 0 aliphatic heterocycles. The van der Waals surface area contributed by atoms with Crippen LogP contribution in [0.3, 0.4) is 0 Å². The van der Waals surface area contributed by atoms with Crippen molar-refractivity contribution in [2.75, 3.05) is 0 Å². The van der Waals surface area contributed by atoms with Crippen LogP contribution in [0.15, 0.2) is 46.3 Å². The van der Waals surface area contributed by atoms with Crippen LogP contribution in [0.2, 0.25) is 0 Å². The number of nitrogens with one attached hydrogen (secondary N) is 2. The van der Waals surface area contributed by atoms with E-state index in [1.807, 2.05) is 13.0 Å². The Bertz CT molecular complexity index is 738. The highest BCUT2D eigenvalue weighted by molar-refractivity contribution is 7.89. The van der Waals surface area contributed by atoms with Gasteiger partial charge in [-0.3, -0.25) is 9.78 Å². The predicted octanol–water partition coefficient (Wildman–Crippen LogP) is 0.557. The van der Waals surface area contributed by atoms with Gasteiger partial charge in [0.25, 0.3) is 0 Å². The fourth-order valence-corrected chi connectivity index (χ4v) is 2.61. The van der Waals surface area contributed by atoms with E-state index in [2.05, 4.69) is 14.7 Å². The average Bonchev–Trinajstić information content (AvgIpc) is 2.37. The lowest BCUT2D eigenvalue weighted by atomic mass is 10.3. The minimum atomic E-state index is -3.84. The van der Waals surface area contributed by atoms with Crippen molar-refractivity contribution in [3.63, 3.8) is 0 Å². The van der Waals surface area contributed by atoms with Gasteiger partial charge in [0, 0.05) is 24.2 Å². The van der Waals surface area contributed by atoms with Gasteiger partial charge in [0.2, 0.25) is 15.5 Å². The van der Waals surface area contributed by atoms with Gasteiger partial charge in [0.15, 0.2) is 0 Å². The summed E-state index contributed by atoms with van der Waals surface area (Å²) in [5, 5.41) is 0. The minimum absolute atomic E-state index is 0.0400. The molecule has 2 rings (SSSR count). The van der Waals surface area contributed by atoms with Gasteiger partial charge in [-0.2, -0.15) is 0 Å². The Balaban J connectivity index is 2.19. The lowest BCUT2D eigenvalue weighted by Gasteiger charge is -2.06. The van der Waals surface area contributed by atoms with Crippen molar-refractivity contribution >= 4 is 10.0 Å². The van der Waals surface area contributed by atoms with E-state index in [1.165, 1.54) is 12.3 Å². The van der Waals surface area contributed by atoms with Crippen LogP contribution in [0.25, 0.3) is 0 Å². The number of hydrogen-bond donors (Lipinski definition) is 2. The normalized spacial score (nSPS) is 11.4. The maximum Gasteiger partial charge on any atom is 0.246 e. The summed E-state index contributed by atoms with van der Waals surface area (Å²) in [6.45, 7) is 1.86. The molecule has 0 fully saturated rings. The van der Waals surface area contributed by atoms with Crippen LogP contribution in [0.4, 0.5) is 0 Å². The molecule has 6 nitrogen and oxygen atoms in total. The Morgan fingerprint density at radius 3 is 2.79 bits per heavy atom. The zero-order chi connectivity index (χ0) is 13.9. The molecule has 2 aromatic rings. The smallest absolute Gasteiger partial charge is 0.246 e. The third kappa shape index (κ3) is 3.27. The van der Waals surface area contributed by atoms with Crippen LogP contribution >= 0.6 is 0 Å². The summed E-state index contributed by atoms with van der Waals surface area (Å²) in [5.74, 6) is 0. The Hall–Kier alpha value is -1.99. The summed E-state index contributed by atoms with van der Waals surface area (Å²) in [5.41, 5.74) is 0.841. The average molecular weight is 279 g/mol. The molecule has 7 heteroatoms. The molecule has 0 aliphatic carbocycles. The van der Waals surface area contributed by atoms with Crippen LogP contribution in [0.1, 0.15) is 11.4 Å². The molecule has 0 bridgehead atoms. The molecule has 0 aliphatic rings. The van der Waals surface area contributed by atoms with Gasteiger partial charge in [-0.1, -0.05) is 6.07 Å².